The monoisotopic (exact) mass is 452 g/mol. The van der Waals surface area contributed by atoms with Gasteiger partial charge < -0.3 is 20.1 Å². The van der Waals surface area contributed by atoms with Gasteiger partial charge in [-0.15, -0.1) is 11.8 Å². The normalized spacial score (nSPS) is 37.2. The Hall–Kier alpha value is -1.28. The van der Waals surface area contributed by atoms with Gasteiger partial charge in [0.25, 0.3) is 0 Å². The zero-order valence-corrected chi connectivity index (χ0v) is 19.5. The van der Waals surface area contributed by atoms with E-state index in [4.69, 9.17) is 4.74 Å². The van der Waals surface area contributed by atoms with Crippen LogP contribution in [0, 0.1) is 11.8 Å². The third-order valence-electron chi connectivity index (χ3n) is 7.82. The maximum atomic E-state index is 13.7. The number of ether oxygens (including phenoxy) is 1. The lowest BCUT2D eigenvalue weighted by atomic mass is 9.66. The van der Waals surface area contributed by atoms with Crippen LogP contribution >= 0.6 is 11.8 Å². The molecule has 1 saturated carbocycles. The largest absolute Gasteiger partial charge is 0.466 e. The molecule has 3 aliphatic heterocycles. The molecule has 0 aromatic rings. The number of carbonyl (C=O) groups is 3. The lowest BCUT2D eigenvalue weighted by Crippen LogP contribution is -2.55. The van der Waals surface area contributed by atoms with Gasteiger partial charge in [0.1, 0.15) is 6.04 Å². The van der Waals surface area contributed by atoms with Crippen molar-refractivity contribution in [2.24, 2.45) is 11.8 Å². The summed E-state index contributed by atoms with van der Waals surface area (Å²) in [6, 6.07) is -0.386. The van der Waals surface area contributed by atoms with Crippen molar-refractivity contribution in [2.45, 2.75) is 93.2 Å². The summed E-state index contributed by atoms with van der Waals surface area (Å²) in [6.07, 6.45) is 8.24. The summed E-state index contributed by atoms with van der Waals surface area (Å²) in [6.45, 7) is 4.64. The molecule has 1 spiro atoms. The molecule has 2 amide bonds. The van der Waals surface area contributed by atoms with Crippen LogP contribution in [-0.2, 0) is 19.1 Å². The van der Waals surface area contributed by atoms with Crippen molar-refractivity contribution in [1.29, 1.82) is 0 Å². The van der Waals surface area contributed by atoms with Gasteiger partial charge in [0.15, 0.2) is 0 Å². The first-order valence-corrected chi connectivity index (χ1v) is 12.8. The summed E-state index contributed by atoms with van der Waals surface area (Å²) in [4.78, 5) is 42.0. The molecule has 0 aromatic heterocycles. The quantitative estimate of drug-likeness (QED) is 0.433. The van der Waals surface area contributed by atoms with Gasteiger partial charge in [0.2, 0.25) is 11.8 Å². The van der Waals surface area contributed by atoms with Crippen molar-refractivity contribution in [2.75, 3.05) is 19.8 Å². The predicted molar refractivity (Wildman–Crippen MR) is 118 cm³/mol. The van der Waals surface area contributed by atoms with Gasteiger partial charge in [0, 0.05) is 23.9 Å². The van der Waals surface area contributed by atoms with E-state index in [2.05, 4.69) is 12.2 Å². The van der Waals surface area contributed by atoms with E-state index < -0.39 is 22.6 Å². The predicted octanol–water partition coefficient (Wildman–Crippen LogP) is 2.25. The molecule has 2 unspecified atom stereocenters. The molecule has 4 aliphatic rings. The maximum absolute atomic E-state index is 13.7. The molecule has 3 saturated heterocycles. The lowest BCUT2D eigenvalue weighted by molar-refractivity contribution is -0.155. The van der Waals surface area contributed by atoms with Crippen LogP contribution in [-0.4, -0.2) is 69.1 Å². The van der Waals surface area contributed by atoms with Crippen molar-refractivity contribution >= 4 is 29.5 Å². The lowest BCUT2D eigenvalue weighted by Gasteiger charge is -2.35. The van der Waals surface area contributed by atoms with E-state index in [1.807, 2.05) is 0 Å². The number of nitrogens with zero attached hydrogens (tertiary/aromatic N) is 1. The summed E-state index contributed by atoms with van der Waals surface area (Å²) in [5.74, 6) is -1.47. The number of thioether (sulfide) groups is 1. The van der Waals surface area contributed by atoms with E-state index in [0.717, 1.165) is 38.5 Å². The number of aliphatic hydroxyl groups is 1. The van der Waals surface area contributed by atoms with E-state index >= 15 is 0 Å². The topological polar surface area (TPSA) is 95.9 Å². The van der Waals surface area contributed by atoms with E-state index in [1.165, 1.54) is 6.42 Å². The van der Waals surface area contributed by atoms with Crippen LogP contribution < -0.4 is 5.32 Å². The summed E-state index contributed by atoms with van der Waals surface area (Å²) in [5.41, 5.74) is 0. The molecule has 7 nitrogen and oxygen atoms in total. The average Bonchev–Trinajstić information content (AvgIpc) is 3.30. The first-order chi connectivity index (χ1) is 14.9. The average molecular weight is 453 g/mol. The number of rotatable bonds is 8. The number of fused-ring (bicyclic) bond motifs is 1. The molecular weight excluding hydrogens is 416 g/mol. The molecule has 4 rings (SSSR count). The maximum Gasteiger partial charge on any atom is 0.311 e. The fourth-order valence-corrected chi connectivity index (χ4v) is 8.82. The molecular formula is C23H36N2O5S. The van der Waals surface area contributed by atoms with E-state index in [1.54, 1.807) is 23.6 Å². The Morgan fingerprint density at radius 2 is 1.97 bits per heavy atom. The van der Waals surface area contributed by atoms with E-state index in [-0.39, 0.29) is 41.8 Å². The Bertz CT molecular complexity index is 727. The zero-order chi connectivity index (χ0) is 22.2. The number of nitrogens with one attached hydrogen (secondary N) is 1. The Balaban J connectivity index is 1.65. The van der Waals surface area contributed by atoms with E-state index in [0.29, 0.717) is 19.4 Å². The van der Waals surface area contributed by atoms with Crippen LogP contribution in [0.15, 0.2) is 0 Å². The van der Waals surface area contributed by atoms with Crippen LogP contribution in [0.3, 0.4) is 0 Å². The molecule has 0 aromatic carbocycles. The molecule has 2 N–H and O–H groups in total. The fourth-order valence-electron chi connectivity index (χ4n) is 6.48. The van der Waals surface area contributed by atoms with Gasteiger partial charge in [-0.1, -0.05) is 19.3 Å². The number of unbranched alkanes of at least 4 members (excludes halogenated alkanes) is 1. The van der Waals surface area contributed by atoms with Crippen LogP contribution in [0.2, 0.25) is 0 Å². The highest BCUT2D eigenvalue weighted by Crippen LogP contribution is 2.71. The molecule has 2 bridgehead atoms. The van der Waals surface area contributed by atoms with Crippen LogP contribution in [0.1, 0.15) is 71.6 Å². The van der Waals surface area contributed by atoms with Gasteiger partial charge in [-0.2, -0.15) is 0 Å². The van der Waals surface area contributed by atoms with Crippen molar-refractivity contribution in [3.8, 4) is 0 Å². The second-order valence-electron chi connectivity index (χ2n) is 9.79. The standard InChI is InChI=1S/C23H36N2O5S/c1-3-30-21(29)17-16-20(28)25(13-7-8-14-26)18(23(16)12-11-22(17,2)31-23)19(27)24-15-9-5-4-6-10-15/h15-18,26H,3-14H2,1-2H3,(H,24,27)/t16-,17+,18?,22-,23?/m0/s1. The summed E-state index contributed by atoms with van der Waals surface area (Å²) in [7, 11) is 0. The van der Waals surface area contributed by atoms with Crippen molar-refractivity contribution in [3.63, 3.8) is 0 Å². The SMILES string of the molecule is CCOC(=O)[C@H]1[C@H]2C(=O)N(CCCCO)C(C(=O)NC3CCCCC3)C23CC[C@]1(C)S3. The first-order valence-electron chi connectivity index (χ1n) is 12.0. The van der Waals surface area contributed by atoms with Crippen molar-refractivity contribution < 1.29 is 24.2 Å². The van der Waals surface area contributed by atoms with Gasteiger partial charge in [0.05, 0.1) is 23.2 Å². The highest BCUT2D eigenvalue weighted by atomic mass is 32.2. The van der Waals surface area contributed by atoms with Crippen LogP contribution in [0.4, 0.5) is 0 Å². The van der Waals surface area contributed by atoms with Crippen molar-refractivity contribution in [3.05, 3.63) is 0 Å². The molecule has 8 heteroatoms. The second kappa shape index (κ2) is 8.93. The summed E-state index contributed by atoms with van der Waals surface area (Å²) in [5, 5.41) is 12.5. The number of hydrogen-bond donors (Lipinski definition) is 2. The highest BCUT2D eigenvalue weighted by Gasteiger charge is 2.77. The van der Waals surface area contributed by atoms with Crippen molar-refractivity contribution in [1.82, 2.24) is 10.2 Å². The van der Waals surface area contributed by atoms with Crippen LogP contribution in [0.5, 0.6) is 0 Å². The minimum Gasteiger partial charge on any atom is -0.466 e. The molecule has 1 aliphatic carbocycles. The third kappa shape index (κ3) is 3.77. The van der Waals surface area contributed by atoms with E-state index in [9.17, 15) is 19.5 Å². The number of aliphatic hydroxyl groups excluding tert-OH is 1. The Morgan fingerprint density at radius 1 is 1.23 bits per heavy atom. The Labute approximate surface area is 189 Å². The Morgan fingerprint density at radius 3 is 2.65 bits per heavy atom. The smallest absolute Gasteiger partial charge is 0.311 e. The molecule has 31 heavy (non-hydrogen) atoms. The molecule has 174 valence electrons. The highest BCUT2D eigenvalue weighted by molar-refractivity contribution is 8.02. The summed E-state index contributed by atoms with van der Waals surface area (Å²) >= 11 is 1.69. The number of amides is 2. The fraction of sp³-hybridized carbons (Fsp3) is 0.870. The summed E-state index contributed by atoms with van der Waals surface area (Å²) < 4.78 is 4.46. The number of hydrogen-bond acceptors (Lipinski definition) is 6. The van der Waals surface area contributed by atoms with Gasteiger partial charge in [-0.05, 0) is 52.4 Å². The van der Waals surface area contributed by atoms with Gasteiger partial charge in [-0.25, -0.2) is 0 Å². The zero-order valence-electron chi connectivity index (χ0n) is 18.7. The van der Waals surface area contributed by atoms with Gasteiger partial charge >= 0.3 is 5.97 Å². The first kappa shape index (κ1) is 22.9. The van der Waals surface area contributed by atoms with Crippen LogP contribution in [0.25, 0.3) is 0 Å². The third-order valence-corrected chi connectivity index (χ3v) is 9.81. The Kier molecular flexibility index (Phi) is 6.59. The molecule has 4 fully saturated rings. The minimum atomic E-state index is -0.568. The number of likely N-dealkylation sites (tertiary alicyclic amines) is 1. The number of carbonyl (C=O) groups excluding carboxylic acids is 3. The second-order valence-corrected chi connectivity index (χ2v) is 11.7. The molecule has 0 radical (unpaired) electrons. The van der Waals surface area contributed by atoms with Gasteiger partial charge in [-0.3, -0.25) is 14.4 Å². The minimum absolute atomic E-state index is 0.0620. The molecule has 5 atom stereocenters. The number of esters is 1. The molecule has 3 heterocycles.